The van der Waals surface area contributed by atoms with Crippen molar-refractivity contribution >= 4 is 10.0 Å². The number of rotatable bonds is 3. The minimum Gasteiger partial charge on any atom is -0.299 e. The molecule has 16 heavy (non-hydrogen) atoms. The lowest BCUT2D eigenvalue weighted by atomic mass is 10.1. The normalized spacial score (nSPS) is 29.7. The van der Waals surface area contributed by atoms with E-state index < -0.39 is 10.0 Å². The van der Waals surface area contributed by atoms with E-state index in [2.05, 4.69) is 4.90 Å². The van der Waals surface area contributed by atoms with Crippen molar-refractivity contribution in [2.75, 3.05) is 31.9 Å². The van der Waals surface area contributed by atoms with Crippen molar-refractivity contribution in [1.29, 1.82) is 0 Å². The van der Waals surface area contributed by atoms with Crippen LogP contribution in [0.2, 0.25) is 0 Å². The maximum Gasteiger partial charge on any atom is 0.213 e. The van der Waals surface area contributed by atoms with Crippen LogP contribution in [0.25, 0.3) is 0 Å². The first kappa shape index (κ1) is 12.3. The molecule has 0 radical (unpaired) electrons. The predicted molar refractivity (Wildman–Crippen MR) is 64.9 cm³/mol. The van der Waals surface area contributed by atoms with Crippen molar-refractivity contribution in [1.82, 2.24) is 9.21 Å². The molecule has 2 fully saturated rings. The van der Waals surface area contributed by atoms with Crippen LogP contribution in [0.1, 0.15) is 32.6 Å². The molecular formula is C11H22N2O2S. The summed E-state index contributed by atoms with van der Waals surface area (Å²) in [5.41, 5.74) is 0. The molecule has 94 valence electrons. The second-order valence-electron chi connectivity index (χ2n) is 4.80. The van der Waals surface area contributed by atoms with Gasteiger partial charge in [0.1, 0.15) is 0 Å². The minimum atomic E-state index is -2.96. The van der Waals surface area contributed by atoms with E-state index >= 15 is 0 Å². The highest BCUT2D eigenvalue weighted by molar-refractivity contribution is 7.89. The van der Waals surface area contributed by atoms with Crippen molar-refractivity contribution in [3.63, 3.8) is 0 Å². The van der Waals surface area contributed by atoms with Gasteiger partial charge in [-0.25, -0.2) is 12.7 Å². The van der Waals surface area contributed by atoms with Gasteiger partial charge in [-0.1, -0.05) is 6.42 Å². The molecule has 0 aliphatic carbocycles. The summed E-state index contributed by atoms with van der Waals surface area (Å²) < 4.78 is 25.1. The van der Waals surface area contributed by atoms with E-state index in [4.69, 9.17) is 0 Å². The van der Waals surface area contributed by atoms with Crippen LogP contribution in [0.15, 0.2) is 0 Å². The fraction of sp³-hybridized carbons (Fsp3) is 1.00. The zero-order valence-electron chi connectivity index (χ0n) is 10.1. The Balaban J connectivity index is 1.92. The van der Waals surface area contributed by atoms with Gasteiger partial charge in [0.25, 0.3) is 0 Å². The van der Waals surface area contributed by atoms with E-state index in [1.165, 1.54) is 19.3 Å². The Morgan fingerprint density at radius 3 is 2.44 bits per heavy atom. The van der Waals surface area contributed by atoms with E-state index in [-0.39, 0.29) is 5.75 Å². The molecule has 0 aromatic rings. The van der Waals surface area contributed by atoms with E-state index in [0.29, 0.717) is 6.04 Å². The van der Waals surface area contributed by atoms with Crippen molar-refractivity contribution < 1.29 is 8.42 Å². The summed E-state index contributed by atoms with van der Waals surface area (Å²) in [6, 6.07) is 0.474. The molecule has 2 aliphatic rings. The highest BCUT2D eigenvalue weighted by Gasteiger charge is 2.33. The van der Waals surface area contributed by atoms with Gasteiger partial charge in [-0.2, -0.15) is 0 Å². The average Bonchev–Trinajstić information content (AvgIpc) is 2.80. The van der Waals surface area contributed by atoms with Crippen molar-refractivity contribution in [2.45, 2.75) is 38.6 Å². The molecule has 4 nitrogen and oxygen atoms in total. The average molecular weight is 246 g/mol. The topological polar surface area (TPSA) is 40.6 Å². The smallest absolute Gasteiger partial charge is 0.213 e. The zero-order chi connectivity index (χ0) is 11.6. The number of piperidine rings is 1. The third kappa shape index (κ3) is 2.57. The Morgan fingerprint density at radius 2 is 1.81 bits per heavy atom. The molecular weight excluding hydrogens is 224 g/mol. The molecule has 2 rings (SSSR count). The molecule has 0 aromatic carbocycles. The van der Waals surface area contributed by atoms with Gasteiger partial charge in [-0.3, -0.25) is 4.90 Å². The molecule has 1 unspecified atom stereocenters. The van der Waals surface area contributed by atoms with Crippen LogP contribution in [0, 0.1) is 0 Å². The Kier molecular flexibility index (Phi) is 3.87. The maximum absolute atomic E-state index is 11.7. The third-order valence-corrected chi connectivity index (χ3v) is 5.64. The largest absolute Gasteiger partial charge is 0.299 e. The summed E-state index contributed by atoms with van der Waals surface area (Å²) in [6.07, 6.45) is 4.90. The fourth-order valence-electron chi connectivity index (χ4n) is 2.73. The summed E-state index contributed by atoms with van der Waals surface area (Å²) >= 11 is 0. The second-order valence-corrected chi connectivity index (χ2v) is 7.06. The Labute approximate surface area is 98.7 Å². The van der Waals surface area contributed by atoms with Gasteiger partial charge < -0.3 is 0 Å². The fourth-order valence-corrected chi connectivity index (χ4v) is 3.88. The second kappa shape index (κ2) is 5.02. The highest BCUT2D eigenvalue weighted by Crippen LogP contribution is 2.22. The predicted octanol–water partition coefficient (Wildman–Crippen LogP) is 0.896. The SMILES string of the molecule is CCS(=O)(=O)N1CCC(N2CCCCC2)C1. The van der Waals surface area contributed by atoms with Crippen molar-refractivity contribution in [2.24, 2.45) is 0 Å². The Hall–Kier alpha value is -0.130. The molecule has 2 saturated heterocycles. The maximum atomic E-state index is 11.7. The first-order valence-corrected chi connectivity index (χ1v) is 7.96. The van der Waals surface area contributed by atoms with Crippen molar-refractivity contribution in [3.8, 4) is 0 Å². The molecule has 2 heterocycles. The first-order chi connectivity index (χ1) is 7.63. The summed E-state index contributed by atoms with van der Waals surface area (Å²) in [5.74, 6) is 0.236. The molecule has 2 aliphatic heterocycles. The minimum absolute atomic E-state index is 0.236. The molecule has 0 bridgehead atoms. The van der Waals surface area contributed by atoms with Crippen LogP contribution in [0.4, 0.5) is 0 Å². The molecule has 1 atom stereocenters. The number of likely N-dealkylation sites (tertiary alicyclic amines) is 1. The van der Waals surface area contributed by atoms with E-state index in [9.17, 15) is 8.42 Å². The Morgan fingerprint density at radius 1 is 1.12 bits per heavy atom. The molecule has 0 saturated carbocycles. The molecule has 0 N–H and O–H groups in total. The Bertz CT molecular complexity index is 323. The van der Waals surface area contributed by atoms with Crippen LogP contribution < -0.4 is 0 Å². The van der Waals surface area contributed by atoms with Gasteiger partial charge in [-0.05, 0) is 39.3 Å². The molecule has 0 spiro atoms. The summed E-state index contributed by atoms with van der Waals surface area (Å²) in [7, 11) is -2.96. The van der Waals surface area contributed by atoms with Gasteiger partial charge in [0.15, 0.2) is 0 Å². The third-order valence-electron chi connectivity index (χ3n) is 3.79. The van der Waals surface area contributed by atoms with E-state index in [0.717, 1.165) is 32.6 Å². The van der Waals surface area contributed by atoms with E-state index in [1.54, 1.807) is 11.2 Å². The number of hydrogen-bond donors (Lipinski definition) is 0. The lowest BCUT2D eigenvalue weighted by molar-refractivity contribution is 0.169. The number of hydrogen-bond acceptors (Lipinski definition) is 3. The monoisotopic (exact) mass is 246 g/mol. The number of sulfonamides is 1. The van der Waals surface area contributed by atoms with Gasteiger partial charge in [0.2, 0.25) is 10.0 Å². The summed E-state index contributed by atoms with van der Waals surface area (Å²) in [4.78, 5) is 2.48. The van der Waals surface area contributed by atoms with Gasteiger partial charge in [-0.15, -0.1) is 0 Å². The summed E-state index contributed by atoms with van der Waals surface area (Å²) in [5, 5.41) is 0. The first-order valence-electron chi connectivity index (χ1n) is 6.35. The lowest BCUT2D eigenvalue weighted by Gasteiger charge is -2.32. The zero-order valence-corrected chi connectivity index (χ0v) is 10.9. The quantitative estimate of drug-likeness (QED) is 0.743. The van der Waals surface area contributed by atoms with Crippen LogP contribution in [0.5, 0.6) is 0 Å². The molecule has 5 heteroatoms. The summed E-state index contributed by atoms with van der Waals surface area (Å²) in [6.45, 7) is 5.48. The van der Waals surface area contributed by atoms with Crippen LogP contribution in [-0.4, -0.2) is 55.6 Å². The lowest BCUT2D eigenvalue weighted by Crippen LogP contribution is -2.41. The van der Waals surface area contributed by atoms with Crippen molar-refractivity contribution in [3.05, 3.63) is 0 Å². The molecule has 0 amide bonds. The number of nitrogens with zero attached hydrogens (tertiary/aromatic N) is 2. The van der Waals surface area contributed by atoms with Crippen LogP contribution in [-0.2, 0) is 10.0 Å². The highest BCUT2D eigenvalue weighted by atomic mass is 32.2. The van der Waals surface area contributed by atoms with Gasteiger partial charge in [0.05, 0.1) is 5.75 Å². The standard InChI is InChI=1S/C11H22N2O2S/c1-2-16(14,15)13-9-6-11(10-13)12-7-4-3-5-8-12/h11H,2-10H2,1H3. The van der Waals surface area contributed by atoms with Crippen LogP contribution in [0.3, 0.4) is 0 Å². The van der Waals surface area contributed by atoms with E-state index in [1.807, 2.05) is 0 Å². The van der Waals surface area contributed by atoms with Gasteiger partial charge in [0, 0.05) is 19.1 Å². The van der Waals surface area contributed by atoms with Gasteiger partial charge >= 0.3 is 0 Å². The van der Waals surface area contributed by atoms with Crippen LogP contribution >= 0.6 is 0 Å². The molecule has 0 aromatic heterocycles.